The summed E-state index contributed by atoms with van der Waals surface area (Å²) < 4.78 is 0. The van der Waals surface area contributed by atoms with Crippen LogP contribution in [0.15, 0.2) is 17.2 Å². The zero-order chi connectivity index (χ0) is 17.9. The van der Waals surface area contributed by atoms with E-state index in [1.54, 1.807) is 18.3 Å². The fourth-order valence-corrected chi connectivity index (χ4v) is 4.55. The van der Waals surface area contributed by atoms with E-state index in [1.165, 1.54) is 32.1 Å². The quantitative estimate of drug-likeness (QED) is 0.814. The number of carbonyl (C=O) groups excluding carboxylic acids is 2. The molecule has 0 radical (unpaired) electrons. The molecule has 1 N–H and O–H groups in total. The number of nitrogens with one attached hydrogen (secondary N) is 1. The molecule has 2 amide bonds. The van der Waals surface area contributed by atoms with Crippen LogP contribution in [0, 0.1) is 0 Å². The average Bonchev–Trinajstić information content (AvgIpc) is 3.00. The van der Waals surface area contributed by atoms with Crippen LogP contribution in [-0.2, 0) is 4.79 Å². The van der Waals surface area contributed by atoms with Gasteiger partial charge in [-0.05, 0) is 36.7 Å². The predicted molar refractivity (Wildman–Crippen MR) is 102 cm³/mol. The number of thioether (sulfide) groups is 1. The molecule has 8 heteroatoms. The summed E-state index contributed by atoms with van der Waals surface area (Å²) in [5.41, 5.74) is 0.650. The van der Waals surface area contributed by atoms with Gasteiger partial charge in [-0.25, -0.2) is 9.97 Å². The van der Waals surface area contributed by atoms with Gasteiger partial charge in [0.05, 0.1) is 10.6 Å². The highest BCUT2D eigenvalue weighted by atomic mass is 32.2. The lowest BCUT2D eigenvalue weighted by atomic mass is 9.94. The second-order valence-corrected chi connectivity index (χ2v) is 7.96. The summed E-state index contributed by atoms with van der Waals surface area (Å²) in [6, 6.07) is 2.50. The third kappa shape index (κ3) is 3.91. The number of piperazine rings is 1. The van der Waals surface area contributed by atoms with E-state index >= 15 is 0 Å². The minimum atomic E-state index is -0.360. The molecule has 0 atom stereocenters. The van der Waals surface area contributed by atoms with Crippen LogP contribution in [0.5, 0.6) is 0 Å². The van der Waals surface area contributed by atoms with Crippen LogP contribution in [0.1, 0.15) is 37.8 Å². The molecule has 1 aliphatic carbocycles. The zero-order valence-electron chi connectivity index (χ0n) is 14.7. The molecule has 138 valence electrons. The Balaban J connectivity index is 1.40. The summed E-state index contributed by atoms with van der Waals surface area (Å²) in [5.74, 6) is 0.332. The van der Waals surface area contributed by atoms with E-state index in [2.05, 4.69) is 25.1 Å². The molecule has 2 aliphatic heterocycles. The van der Waals surface area contributed by atoms with Crippen molar-refractivity contribution in [1.29, 1.82) is 0 Å². The third-order valence-electron chi connectivity index (χ3n) is 5.27. The maximum Gasteiger partial charge on any atom is 0.290 e. The Labute approximate surface area is 157 Å². The summed E-state index contributed by atoms with van der Waals surface area (Å²) in [4.78, 5) is 37.1. The van der Waals surface area contributed by atoms with Crippen LogP contribution >= 0.6 is 11.8 Å². The molecule has 26 heavy (non-hydrogen) atoms. The lowest BCUT2D eigenvalue weighted by Gasteiger charge is -2.40. The van der Waals surface area contributed by atoms with E-state index in [0.29, 0.717) is 16.5 Å². The largest absolute Gasteiger partial charge is 0.338 e. The van der Waals surface area contributed by atoms with Gasteiger partial charge >= 0.3 is 0 Å². The first-order chi connectivity index (χ1) is 12.7. The van der Waals surface area contributed by atoms with Crippen molar-refractivity contribution < 1.29 is 9.59 Å². The molecule has 0 unspecified atom stereocenters. The molecule has 0 bridgehead atoms. The Morgan fingerprint density at radius 2 is 1.88 bits per heavy atom. The fraction of sp³-hybridized carbons (Fsp3) is 0.556. The summed E-state index contributed by atoms with van der Waals surface area (Å²) in [5, 5.41) is 1.92. The molecule has 3 aliphatic rings. The van der Waals surface area contributed by atoms with Gasteiger partial charge in [0.15, 0.2) is 0 Å². The second-order valence-electron chi connectivity index (χ2n) is 6.95. The van der Waals surface area contributed by atoms with Crippen molar-refractivity contribution in [2.24, 2.45) is 0 Å². The summed E-state index contributed by atoms with van der Waals surface area (Å²) in [6.07, 6.45) is 10.1. The maximum atomic E-state index is 11.7. The Kier molecular flexibility index (Phi) is 5.21. The number of hydrogen-bond acceptors (Lipinski definition) is 7. The maximum absolute atomic E-state index is 11.7. The molecule has 3 fully saturated rings. The van der Waals surface area contributed by atoms with Crippen molar-refractivity contribution in [3.8, 4) is 0 Å². The number of imide groups is 1. The smallest absolute Gasteiger partial charge is 0.290 e. The van der Waals surface area contributed by atoms with Crippen molar-refractivity contribution in [2.45, 2.75) is 38.1 Å². The van der Waals surface area contributed by atoms with E-state index in [-0.39, 0.29) is 11.1 Å². The van der Waals surface area contributed by atoms with Crippen molar-refractivity contribution in [3.63, 3.8) is 0 Å². The molecule has 4 rings (SSSR count). The minimum Gasteiger partial charge on any atom is -0.338 e. The van der Waals surface area contributed by atoms with E-state index in [9.17, 15) is 9.59 Å². The summed E-state index contributed by atoms with van der Waals surface area (Å²) >= 11 is 0.907. The van der Waals surface area contributed by atoms with Crippen LogP contribution in [0.25, 0.3) is 6.08 Å². The number of anilines is 1. The van der Waals surface area contributed by atoms with Gasteiger partial charge in [0.1, 0.15) is 0 Å². The Morgan fingerprint density at radius 1 is 1.12 bits per heavy atom. The van der Waals surface area contributed by atoms with E-state index in [1.807, 2.05) is 0 Å². The first-order valence-electron chi connectivity index (χ1n) is 9.26. The van der Waals surface area contributed by atoms with Gasteiger partial charge in [0.25, 0.3) is 11.1 Å². The van der Waals surface area contributed by atoms with Crippen molar-refractivity contribution in [1.82, 2.24) is 20.2 Å². The van der Waals surface area contributed by atoms with E-state index < -0.39 is 0 Å². The number of carbonyl (C=O) groups is 2. The van der Waals surface area contributed by atoms with Gasteiger partial charge in [0.2, 0.25) is 5.95 Å². The third-order valence-corrected chi connectivity index (χ3v) is 6.08. The average molecular weight is 373 g/mol. The van der Waals surface area contributed by atoms with Gasteiger partial charge in [-0.1, -0.05) is 19.3 Å². The zero-order valence-corrected chi connectivity index (χ0v) is 15.5. The van der Waals surface area contributed by atoms with Crippen molar-refractivity contribution in [3.05, 3.63) is 22.9 Å². The molecule has 3 heterocycles. The van der Waals surface area contributed by atoms with Crippen molar-refractivity contribution in [2.75, 3.05) is 31.1 Å². The normalized spacial score (nSPS) is 24.3. The van der Waals surface area contributed by atoms with Crippen LogP contribution in [0.3, 0.4) is 0 Å². The first-order valence-corrected chi connectivity index (χ1v) is 10.1. The number of aromatic nitrogens is 2. The number of rotatable bonds is 3. The summed E-state index contributed by atoms with van der Waals surface area (Å²) in [6.45, 7) is 3.94. The lowest BCUT2D eigenvalue weighted by molar-refractivity contribution is -0.115. The van der Waals surface area contributed by atoms with Crippen LogP contribution in [0.2, 0.25) is 0 Å². The Hall–Kier alpha value is -1.93. The minimum absolute atomic E-state index is 0.339. The molecule has 0 aromatic carbocycles. The first kappa shape index (κ1) is 17.5. The van der Waals surface area contributed by atoms with Gasteiger partial charge in [-0.3, -0.25) is 19.8 Å². The molecule has 1 aromatic heterocycles. The van der Waals surface area contributed by atoms with Crippen LogP contribution < -0.4 is 10.2 Å². The van der Waals surface area contributed by atoms with Gasteiger partial charge in [-0.15, -0.1) is 0 Å². The fourth-order valence-electron chi connectivity index (χ4n) is 3.88. The number of nitrogens with zero attached hydrogens (tertiary/aromatic N) is 4. The number of amides is 2. The molecule has 7 nitrogen and oxygen atoms in total. The highest BCUT2D eigenvalue weighted by Crippen LogP contribution is 2.26. The Morgan fingerprint density at radius 3 is 2.58 bits per heavy atom. The van der Waals surface area contributed by atoms with E-state index in [0.717, 1.165) is 44.0 Å². The van der Waals surface area contributed by atoms with Gasteiger partial charge in [0, 0.05) is 38.4 Å². The van der Waals surface area contributed by atoms with E-state index in [4.69, 9.17) is 0 Å². The highest BCUT2D eigenvalue weighted by molar-refractivity contribution is 8.18. The van der Waals surface area contributed by atoms with Crippen LogP contribution in [0.4, 0.5) is 10.7 Å². The van der Waals surface area contributed by atoms with Crippen LogP contribution in [-0.4, -0.2) is 58.2 Å². The molecule has 1 aromatic rings. The monoisotopic (exact) mass is 373 g/mol. The predicted octanol–water partition coefficient (Wildman–Crippen LogP) is 2.26. The highest BCUT2D eigenvalue weighted by Gasteiger charge is 2.27. The molecule has 1 saturated carbocycles. The van der Waals surface area contributed by atoms with Gasteiger partial charge < -0.3 is 4.90 Å². The summed E-state index contributed by atoms with van der Waals surface area (Å²) in [7, 11) is 0. The van der Waals surface area contributed by atoms with Crippen molar-refractivity contribution >= 4 is 34.9 Å². The SMILES string of the molecule is O=C1NC(=O)/C(=C/c2ccnc(N3CCN(C4CCCCC4)CC3)n2)S1. The molecule has 2 saturated heterocycles. The standard InChI is InChI=1S/C18H23N5O2S/c24-16-15(26-18(25)21-16)12-13-6-7-19-17(20-13)23-10-8-22(9-11-23)14-4-2-1-3-5-14/h6-7,12,14H,1-5,8-11H2,(H,21,24,25)/b15-12-. The Bertz CT molecular complexity index is 724. The topological polar surface area (TPSA) is 78.4 Å². The molecular weight excluding hydrogens is 350 g/mol. The second kappa shape index (κ2) is 7.75. The molecular formula is C18H23N5O2S. The number of hydrogen-bond donors (Lipinski definition) is 1. The lowest BCUT2D eigenvalue weighted by Crippen LogP contribution is -2.51. The van der Waals surface area contributed by atoms with Gasteiger partial charge in [-0.2, -0.15) is 0 Å². The molecule has 0 spiro atoms.